The molecule has 0 saturated carbocycles. The van der Waals surface area contributed by atoms with E-state index >= 15 is 0 Å². The lowest BCUT2D eigenvalue weighted by Crippen LogP contribution is -2.35. The van der Waals surface area contributed by atoms with Crippen LogP contribution in [0.1, 0.15) is 19.3 Å². The molecule has 3 rings (SSSR count). The van der Waals surface area contributed by atoms with Crippen LogP contribution in [-0.2, 0) is 0 Å². The highest BCUT2D eigenvalue weighted by Crippen LogP contribution is 2.29. The number of aliphatic hydroxyl groups excluding tert-OH is 1. The highest BCUT2D eigenvalue weighted by molar-refractivity contribution is 5.86. The van der Waals surface area contributed by atoms with Crippen molar-refractivity contribution in [1.29, 1.82) is 0 Å². The Morgan fingerprint density at radius 3 is 3.16 bits per heavy atom. The van der Waals surface area contributed by atoms with E-state index in [-0.39, 0.29) is 6.61 Å². The number of fused-ring (bicyclic) bond motifs is 1. The number of hydrogen-bond acceptors (Lipinski definition) is 5. The van der Waals surface area contributed by atoms with Gasteiger partial charge in [0.15, 0.2) is 5.58 Å². The molecule has 2 aromatic rings. The minimum absolute atomic E-state index is 0.249. The first-order chi connectivity index (χ1) is 9.28. The third kappa shape index (κ3) is 2.38. The molecule has 5 nitrogen and oxygen atoms in total. The van der Waals surface area contributed by atoms with E-state index in [9.17, 15) is 0 Å². The lowest BCUT2D eigenvalue weighted by Gasteiger charge is -2.31. The maximum Gasteiger partial charge on any atom is 0.298 e. The summed E-state index contributed by atoms with van der Waals surface area (Å²) >= 11 is 0. The number of para-hydroxylation sites is 1. The number of oxazole rings is 1. The van der Waals surface area contributed by atoms with Crippen molar-refractivity contribution in [3.05, 3.63) is 18.2 Å². The fourth-order valence-electron chi connectivity index (χ4n) is 2.75. The molecule has 1 fully saturated rings. The normalized spacial score (nSPS) is 20.1. The SMILES string of the molecule is Nc1cccc2oc(N3CCCC(CCO)C3)nc12. The number of aliphatic hydroxyl groups is 1. The van der Waals surface area contributed by atoms with Crippen molar-refractivity contribution in [3.63, 3.8) is 0 Å². The summed E-state index contributed by atoms with van der Waals surface area (Å²) in [6, 6.07) is 6.24. The molecule has 3 N–H and O–H groups in total. The highest BCUT2D eigenvalue weighted by Gasteiger charge is 2.23. The molecule has 0 amide bonds. The fraction of sp³-hybridized carbons (Fsp3) is 0.500. The summed E-state index contributed by atoms with van der Waals surface area (Å²) in [6.07, 6.45) is 3.12. The first-order valence-electron chi connectivity index (χ1n) is 6.79. The number of nitrogens with zero attached hydrogens (tertiary/aromatic N) is 2. The van der Waals surface area contributed by atoms with Gasteiger partial charge in [-0.3, -0.25) is 0 Å². The van der Waals surface area contributed by atoms with Gasteiger partial charge in [-0.05, 0) is 37.3 Å². The Bertz CT molecular complexity index is 565. The van der Waals surface area contributed by atoms with Crippen molar-refractivity contribution in [2.75, 3.05) is 30.3 Å². The summed E-state index contributed by atoms with van der Waals surface area (Å²) in [7, 11) is 0. The molecule has 5 heteroatoms. The molecule has 102 valence electrons. The Morgan fingerprint density at radius 1 is 1.47 bits per heavy atom. The largest absolute Gasteiger partial charge is 0.423 e. The molecule has 0 bridgehead atoms. The predicted octanol–water partition coefficient (Wildman–Crippen LogP) is 2.01. The third-order valence-corrected chi connectivity index (χ3v) is 3.77. The van der Waals surface area contributed by atoms with E-state index in [2.05, 4.69) is 9.88 Å². The number of nitrogen functional groups attached to an aromatic ring is 1. The van der Waals surface area contributed by atoms with Crippen LogP contribution in [0.25, 0.3) is 11.1 Å². The quantitative estimate of drug-likeness (QED) is 0.827. The van der Waals surface area contributed by atoms with Gasteiger partial charge in [0.25, 0.3) is 6.01 Å². The first-order valence-corrected chi connectivity index (χ1v) is 6.79. The standard InChI is InChI=1S/C14H19N3O2/c15-11-4-1-5-12-13(11)16-14(19-12)17-7-2-3-10(9-17)6-8-18/h1,4-5,10,18H,2-3,6-9,15H2. The first kappa shape index (κ1) is 12.3. The predicted molar refractivity (Wildman–Crippen MR) is 75.1 cm³/mol. The van der Waals surface area contributed by atoms with Crippen LogP contribution in [0.5, 0.6) is 0 Å². The molecule has 1 aromatic heterocycles. The van der Waals surface area contributed by atoms with E-state index in [1.54, 1.807) is 0 Å². The molecule has 1 aliphatic heterocycles. The lowest BCUT2D eigenvalue weighted by molar-refractivity contribution is 0.242. The van der Waals surface area contributed by atoms with Gasteiger partial charge in [-0.25, -0.2) is 0 Å². The molecule has 2 heterocycles. The number of anilines is 2. The summed E-state index contributed by atoms with van der Waals surface area (Å²) < 4.78 is 5.79. The Labute approximate surface area is 112 Å². The molecule has 0 spiro atoms. The van der Waals surface area contributed by atoms with Gasteiger partial charge in [0.05, 0.1) is 5.69 Å². The fourth-order valence-corrected chi connectivity index (χ4v) is 2.75. The monoisotopic (exact) mass is 261 g/mol. The zero-order chi connectivity index (χ0) is 13.2. The number of hydrogen-bond donors (Lipinski definition) is 2. The van der Waals surface area contributed by atoms with Gasteiger partial charge in [-0.1, -0.05) is 6.07 Å². The van der Waals surface area contributed by atoms with Crippen LogP contribution in [0.3, 0.4) is 0 Å². The summed E-state index contributed by atoms with van der Waals surface area (Å²) in [4.78, 5) is 6.66. The van der Waals surface area contributed by atoms with E-state index in [1.165, 1.54) is 6.42 Å². The van der Waals surface area contributed by atoms with E-state index < -0.39 is 0 Å². The van der Waals surface area contributed by atoms with Gasteiger partial charge in [-0.15, -0.1) is 0 Å². The van der Waals surface area contributed by atoms with Crippen molar-refractivity contribution in [2.24, 2.45) is 5.92 Å². The van der Waals surface area contributed by atoms with Gasteiger partial charge < -0.3 is 20.2 Å². The Balaban J connectivity index is 1.85. The van der Waals surface area contributed by atoms with Gasteiger partial charge in [-0.2, -0.15) is 4.98 Å². The lowest BCUT2D eigenvalue weighted by atomic mass is 9.95. The molecule has 1 unspecified atom stereocenters. The molecule has 1 saturated heterocycles. The molecule has 1 atom stereocenters. The molecular formula is C14H19N3O2. The van der Waals surface area contributed by atoms with Gasteiger partial charge in [0, 0.05) is 19.7 Å². The number of benzene rings is 1. The molecule has 1 aromatic carbocycles. The second-order valence-corrected chi connectivity index (χ2v) is 5.16. The summed E-state index contributed by atoms with van der Waals surface area (Å²) in [5.74, 6) is 0.520. The molecular weight excluding hydrogens is 242 g/mol. The minimum Gasteiger partial charge on any atom is -0.423 e. The number of rotatable bonds is 3. The van der Waals surface area contributed by atoms with Gasteiger partial charge >= 0.3 is 0 Å². The van der Waals surface area contributed by atoms with Gasteiger partial charge in [0.2, 0.25) is 0 Å². The summed E-state index contributed by atoms with van der Waals surface area (Å²) in [6.45, 7) is 2.10. The molecule has 1 aliphatic rings. The van der Waals surface area contributed by atoms with E-state index in [0.29, 0.717) is 17.6 Å². The van der Waals surface area contributed by atoms with Crippen molar-refractivity contribution < 1.29 is 9.52 Å². The molecule has 0 radical (unpaired) electrons. The smallest absolute Gasteiger partial charge is 0.298 e. The van der Waals surface area contributed by atoms with Crippen molar-refractivity contribution >= 4 is 22.8 Å². The van der Waals surface area contributed by atoms with Crippen LogP contribution in [0.15, 0.2) is 22.6 Å². The van der Waals surface area contributed by atoms with Gasteiger partial charge in [0.1, 0.15) is 5.52 Å². The average molecular weight is 261 g/mol. The average Bonchev–Trinajstić information content (AvgIpc) is 2.85. The zero-order valence-corrected chi connectivity index (χ0v) is 10.9. The van der Waals surface area contributed by atoms with Crippen molar-refractivity contribution in [1.82, 2.24) is 4.98 Å². The number of nitrogens with two attached hydrogens (primary N) is 1. The second-order valence-electron chi connectivity index (χ2n) is 5.16. The van der Waals surface area contributed by atoms with Crippen molar-refractivity contribution in [2.45, 2.75) is 19.3 Å². The maximum absolute atomic E-state index is 9.05. The number of piperidine rings is 1. The summed E-state index contributed by atoms with van der Waals surface area (Å²) in [5.41, 5.74) is 8.02. The second kappa shape index (κ2) is 5.09. The topological polar surface area (TPSA) is 75.5 Å². The van der Waals surface area contributed by atoms with Crippen LogP contribution < -0.4 is 10.6 Å². The Morgan fingerprint density at radius 2 is 2.37 bits per heavy atom. The number of aromatic nitrogens is 1. The highest BCUT2D eigenvalue weighted by atomic mass is 16.4. The zero-order valence-electron chi connectivity index (χ0n) is 10.9. The van der Waals surface area contributed by atoms with E-state index in [0.717, 1.165) is 37.0 Å². The molecule has 19 heavy (non-hydrogen) atoms. The van der Waals surface area contributed by atoms with E-state index in [1.807, 2.05) is 18.2 Å². The minimum atomic E-state index is 0.249. The maximum atomic E-state index is 9.05. The third-order valence-electron chi connectivity index (χ3n) is 3.77. The van der Waals surface area contributed by atoms with Crippen LogP contribution in [-0.4, -0.2) is 29.8 Å². The Kier molecular flexibility index (Phi) is 3.29. The van der Waals surface area contributed by atoms with Crippen LogP contribution >= 0.6 is 0 Å². The van der Waals surface area contributed by atoms with E-state index in [4.69, 9.17) is 15.3 Å². The Hall–Kier alpha value is -1.75. The summed E-state index contributed by atoms with van der Waals surface area (Å²) in [5, 5.41) is 9.05. The molecule has 0 aliphatic carbocycles. The van der Waals surface area contributed by atoms with Crippen molar-refractivity contribution in [3.8, 4) is 0 Å². The van der Waals surface area contributed by atoms with Crippen LogP contribution in [0.4, 0.5) is 11.7 Å². The van der Waals surface area contributed by atoms with Crippen LogP contribution in [0, 0.1) is 5.92 Å². The van der Waals surface area contributed by atoms with Crippen LogP contribution in [0.2, 0.25) is 0 Å².